The van der Waals surface area contributed by atoms with Crippen LogP contribution in [0.5, 0.6) is 5.75 Å². The molecule has 0 saturated heterocycles. The van der Waals surface area contributed by atoms with E-state index in [4.69, 9.17) is 21.0 Å². The molecular weight excluding hydrogens is 428 g/mol. The maximum Gasteiger partial charge on any atom is 0.265 e. The molecule has 0 radical (unpaired) electrons. The third kappa shape index (κ3) is 5.71. The van der Waals surface area contributed by atoms with Crippen molar-refractivity contribution >= 4 is 27.5 Å². The van der Waals surface area contributed by atoms with Gasteiger partial charge in [0.25, 0.3) is 5.91 Å². The number of carbonyl (C=O) groups excluding carboxylic acids is 1. The van der Waals surface area contributed by atoms with Gasteiger partial charge in [-0.1, -0.05) is 43.3 Å². The first-order valence-electron chi connectivity index (χ1n) is 9.82. The summed E-state index contributed by atoms with van der Waals surface area (Å²) in [6.07, 6.45) is -0.294. The summed E-state index contributed by atoms with van der Waals surface area (Å²) in [7, 11) is -3.79. The van der Waals surface area contributed by atoms with Crippen molar-refractivity contribution in [2.45, 2.75) is 24.3 Å². The zero-order valence-electron chi connectivity index (χ0n) is 17.4. The molecule has 1 amide bonds. The number of amidine groups is 1. The fourth-order valence-corrected chi connectivity index (χ4v) is 3.60. The maximum atomic E-state index is 12.7. The van der Waals surface area contributed by atoms with Gasteiger partial charge in [-0.2, -0.15) is 0 Å². The molecule has 1 atom stereocenters. The number of hydrogen-bond acceptors (Lipinski definition) is 5. The standard InChI is InChI=1S/C23H24N4O4S/c1-2-21(31-19-7-3-6-17(13-19)22(24)25)23(28)27-18-11-9-15(10-12-18)16-5-4-8-20(14-16)32(26,29)30/h3-14,21H,2H2,1H3,(H3,24,25)(H,27,28)(H2,26,29,30). The second kappa shape index (κ2) is 9.63. The quantitative estimate of drug-likeness (QED) is 0.306. The van der Waals surface area contributed by atoms with Gasteiger partial charge in [0.2, 0.25) is 10.0 Å². The lowest BCUT2D eigenvalue weighted by molar-refractivity contribution is -0.122. The molecule has 32 heavy (non-hydrogen) atoms. The highest BCUT2D eigenvalue weighted by atomic mass is 32.2. The smallest absolute Gasteiger partial charge is 0.265 e. The molecule has 3 rings (SSSR count). The predicted octanol–water partition coefficient (Wildman–Crippen LogP) is 3.08. The Kier molecular flexibility index (Phi) is 6.92. The first-order chi connectivity index (χ1) is 15.2. The molecule has 8 nitrogen and oxygen atoms in total. The highest BCUT2D eigenvalue weighted by Crippen LogP contribution is 2.24. The lowest BCUT2D eigenvalue weighted by Crippen LogP contribution is -2.32. The number of nitrogen functional groups attached to an aromatic ring is 1. The van der Waals surface area contributed by atoms with Crippen LogP contribution in [0.3, 0.4) is 0 Å². The molecule has 1 unspecified atom stereocenters. The summed E-state index contributed by atoms with van der Waals surface area (Å²) >= 11 is 0. The van der Waals surface area contributed by atoms with Crippen molar-refractivity contribution in [2.75, 3.05) is 5.32 Å². The Hall–Kier alpha value is -3.69. The molecule has 3 aromatic rings. The second-order valence-corrected chi connectivity index (χ2v) is 8.66. The van der Waals surface area contributed by atoms with Crippen LogP contribution >= 0.6 is 0 Å². The number of anilines is 1. The normalized spacial score (nSPS) is 12.1. The number of sulfonamides is 1. The van der Waals surface area contributed by atoms with Crippen LogP contribution in [0.15, 0.2) is 77.7 Å². The fourth-order valence-electron chi connectivity index (χ4n) is 3.04. The van der Waals surface area contributed by atoms with E-state index in [1.54, 1.807) is 60.7 Å². The van der Waals surface area contributed by atoms with E-state index in [0.717, 1.165) is 5.56 Å². The first kappa shape index (κ1) is 23.0. The van der Waals surface area contributed by atoms with Gasteiger partial charge in [0.1, 0.15) is 11.6 Å². The van der Waals surface area contributed by atoms with E-state index in [2.05, 4.69) is 5.32 Å². The molecule has 0 spiro atoms. The molecule has 6 N–H and O–H groups in total. The van der Waals surface area contributed by atoms with E-state index in [-0.39, 0.29) is 16.6 Å². The predicted molar refractivity (Wildman–Crippen MR) is 124 cm³/mol. The number of carbonyl (C=O) groups is 1. The lowest BCUT2D eigenvalue weighted by Gasteiger charge is -2.18. The van der Waals surface area contributed by atoms with Crippen molar-refractivity contribution in [1.29, 1.82) is 5.41 Å². The zero-order chi connectivity index (χ0) is 23.3. The van der Waals surface area contributed by atoms with Gasteiger partial charge >= 0.3 is 0 Å². The van der Waals surface area contributed by atoms with Crippen molar-refractivity contribution < 1.29 is 17.9 Å². The maximum absolute atomic E-state index is 12.7. The van der Waals surface area contributed by atoms with Crippen LogP contribution in [0, 0.1) is 5.41 Å². The van der Waals surface area contributed by atoms with Crippen LogP contribution in [0.4, 0.5) is 5.69 Å². The van der Waals surface area contributed by atoms with E-state index in [9.17, 15) is 13.2 Å². The number of benzene rings is 3. The Morgan fingerprint density at radius 1 is 1.03 bits per heavy atom. The molecule has 0 aliphatic rings. The number of hydrogen-bond donors (Lipinski definition) is 4. The Morgan fingerprint density at radius 2 is 1.72 bits per heavy atom. The molecular formula is C23H24N4O4S. The third-order valence-electron chi connectivity index (χ3n) is 4.73. The Bertz CT molecular complexity index is 1240. The second-order valence-electron chi connectivity index (χ2n) is 7.10. The molecule has 0 saturated carbocycles. The molecule has 9 heteroatoms. The minimum absolute atomic E-state index is 0.0316. The first-order valence-corrected chi connectivity index (χ1v) is 11.4. The van der Waals surface area contributed by atoms with Gasteiger partial charge in [-0.25, -0.2) is 13.6 Å². The van der Waals surface area contributed by atoms with Crippen molar-refractivity contribution in [3.63, 3.8) is 0 Å². The molecule has 0 fully saturated rings. The Morgan fingerprint density at radius 3 is 2.34 bits per heavy atom. The van der Waals surface area contributed by atoms with E-state index >= 15 is 0 Å². The van der Waals surface area contributed by atoms with Crippen LogP contribution in [0.2, 0.25) is 0 Å². The van der Waals surface area contributed by atoms with E-state index in [1.807, 2.05) is 6.92 Å². The minimum Gasteiger partial charge on any atom is -0.481 e. The van der Waals surface area contributed by atoms with Crippen LogP contribution in [-0.2, 0) is 14.8 Å². The summed E-state index contributed by atoms with van der Waals surface area (Å²) < 4.78 is 28.9. The SMILES string of the molecule is CCC(Oc1cccc(C(=N)N)c1)C(=O)Nc1ccc(-c2cccc(S(N)(=O)=O)c2)cc1. The summed E-state index contributed by atoms with van der Waals surface area (Å²) in [5.74, 6) is 0.0529. The van der Waals surface area contributed by atoms with Crippen molar-refractivity contribution in [3.8, 4) is 16.9 Å². The Balaban J connectivity index is 1.71. The molecule has 0 aromatic heterocycles. The summed E-state index contributed by atoms with van der Waals surface area (Å²) in [5.41, 5.74) is 8.05. The van der Waals surface area contributed by atoms with E-state index < -0.39 is 16.1 Å². The molecule has 0 bridgehead atoms. The van der Waals surface area contributed by atoms with Gasteiger partial charge in [-0.15, -0.1) is 0 Å². The molecule has 0 aliphatic heterocycles. The van der Waals surface area contributed by atoms with Crippen LogP contribution in [0.1, 0.15) is 18.9 Å². The molecule has 166 valence electrons. The fraction of sp³-hybridized carbons (Fsp3) is 0.130. The molecule has 0 heterocycles. The van der Waals surface area contributed by atoms with Gasteiger partial charge in [-0.3, -0.25) is 10.2 Å². The zero-order valence-corrected chi connectivity index (χ0v) is 18.2. The summed E-state index contributed by atoms with van der Waals surface area (Å²) in [6, 6.07) is 20.0. The number of nitrogens with two attached hydrogens (primary N) is 2. The third-order valence-corrected chi connectivity index (χ3v) is 5.65. The van der Waals surface area contributed by atoms with Gasteiger partial charge in [0.15, 0.2) is 6.10 Å². The number of amides is 1. The average Bonchev–Trinajstić information content (AvgIpc) is 2.77. The van der Waals surface area contributed by atoms with Gasteiger partial charge in [0.05, 0.1) is 4.90 Å². The highest BCUT2D eigenvalue weighted by Gasteiger charge is 2.19. The van der Waals surface area contributed by atoms with Crippen LogP contribution in [0.25, 0.3) is 11.1 Å². The van der Waals surface area contributed by atoms with Gasteiger partial charge < -0.3 is 15.8 Å². The number of nitrogens with one attached hydrogen (secondary N) is 2. The lowest BCUT2D eigenvalue weighted by atomic mass is 10.1. The van der Waals surface area contributed by atoms with Crippen molar-refractivity contribution in [1.82, 2.24) is 0 Å². The van der Waals surface area contributed by atoms with Crippen LogP contribution < -0.4 is 20.9 Å². The van der Waals surface area contributed by atoms with E-state index in [0.29, 0.717) is 29.0 Å². The topological polar surface area (TPSA) is 148 Å². The van der Waals surface area contributed by atoms with Gasteiger partial charge in [-0.05, 0) is 53.9 Å². The van der Waals surface area contributed by atoms with Crippen molar-refractivity contribution in [3.05, 3.63) is 78.4 Å². The monoisotopic (exact) mass is 452 g/mol. The highest BCUT2D eigenvalue weighted by molar-refractivity contribution is 7.89. The summed E-state index contributed by atoms with van der Waals surface area (Å²) in [4.78, 5) is 12.7. The molecule has 0 aliphatic carbocycles. The molecule has 3 aromatic carbocycles. The Labute approximate surface area is 186 Å². The van der Waals surface area contributed by atoms with E-state index in [1.165, 1.54) is 12.1 Å². The largest absolute Gasteiger partial charge is 0.481 e. The number of rotatable bonds is 8. The number of ether oxygens (including phenoxy) is 1. The number of primary sulfonamides is 1. The van der Waals surface area contributed by atoms with Crippen molar-refractivity contribution in [2.24, 2.45) is 10.9 Å². The van der Waals surface area contributed by atoms with Gasteiger partial charge in [0, 0.05) is 11.3 Å². The summed E-state index contributed by atoms with van der Waals surface area (Å²) in [5, 5.41) is 15.5. The summed E-state index contributed by atoms with van der Waals surface area (Å²) in [6.45, 7) is 1.83. The minimum atomic E-state index is -3.79. The van der Waals surface area contributed by atoms with Crippen LogP contribution in [-0.4, -0.2) is 26.3 Å². The average molecular weight is 453 g/mol.